The predicted molar refractivity (Wildman–Crippen MR) is 70.7 cm³/mol. The van der Waals surface area contributed by atoms with Gasteiger partial charge in [-0.3, -0.25) is 4.98 Å². The number of nitrogens with zero attached hydrogens (tertiary/aromatic N) is 3. The van der Waals surface area contributed by atoms with Crippen molar-refractivity contribution in [3.63, 3.8) is 0 Å². The Morgan fingerprint density at radius 1 is 1.28 bits per heavy atom. The van der Waals surface area contributed by atoms with Gasteiger partial charge in [-0.1, -0.05) is 6.07 Å². The highest BCUT2D eigenvalue weighted by atomic mass is 15.1. The molecule has 4 nitrogen and oxygen atoms in total. The zero-order valence-corrected chi connectivity index (χ0v) is 10.6. The van der Waals surface area contributed by atoms with Gasteiger partial charge in [0, 0.05) is 25.4 Å². The monoisotopic (exact) mass is 240 g/mol. The average Bonchev–Trinajstić information content (AvgIpc) is 2.83. The Balaban J connectivity index is 2.07. The van der Waals surface area contributed by atoms with Gasteiger partial charge in [0.05, 0.1) is 11.4 Å². The fourth-order valence-corrected chi connectivity index (χ4v) is 2.61. The lowest BCUT2D eigenvalue weighted by Gasteiger charge is -2.13. The van der Waals surface area contributed by atoms with Crippen LogP contribution in [-0.4, -0.2) is 22.0 Å². The number of fused-ring (bicyclic) bond motifs is 1. The molecule has 92 valence electrons. The van der Waals surface area contributed by atoms with E-state index in [0.29, 0.717) is 11.9 Å². The zero-order chi connectivity index (χ0) is 12.5. The second kappa shape index (κ2) is 4.37. The van der Waals surface area contributed by atoms with Crippen molar-refractivity contribution in [3.05, 3.63) is 47.0 Å². The topological polar surface area (TPSA) is 50.7 Å². The summed E-state index contributed by atoms with van der Waals surface area (Å²) in [5.74, 6) is 0.997. The number of hydrogen-bond acceptors (Lipinski definition) is 4. The third-order valence-electron chi connectivity index (χ3n) is 3.52. The minimum atomic E-state index is 0.316. The lowest BCUT2D eigenvalue weighted by molar-refractivity contribution is 0.736. The van der Waals surface area contributed by atoms with Crippen LogP contribution >= 0.6 is 0 Å². The van der Waals surface area contributed by atoms with Gasteiger partial charge in [-0.2, -0.15) is 0 Å². The molecule has 0 radical (unpaired) electrons. The lowest BCUT2D eigenvalue weighted by atomic mass is 9.99. The minimum Gasteiger partial charge on any atom is -0.357 e. The first-order chi connectivity index (χ1) is 8.79. The Bertz CT molecular complexity index is 580. The van der Waals surface area contributed by atoms with E-state index in [1.54, 1.807) is 0 Å². The minimum absolute atomic E-state index is 0.316. The summed E-state index contributed by atoms with van der Waals surface area (Å²) in [6, 6.07) is 4.17. The number of aromatic nitrogens is 3. The Kier molecular flexibility index (Phi) is 2.70. The molecular formula is C14H16N4. The van der Waals surface area contributed by atoms with Crippen LogP contribution in [0, 0.1) is 6.92 Å². The molecule has 0 saturated carbocycles. The van der Waals surface area contributed by atoms with E-state index in [1.807, 2.05) is 25.5 Å². The third kappa shape index (κ3) is 1.74. The summed E-state index contributed by atoms with van der Waals surface area (Å²) in [6.07, 6.45) is 5.93. The van der Waals surface area contributed by atoms with E-state index in [9.17, 15) is 0 Å². The van der Waals surface area contributed by atoms with Crippen LogP contribution in [0.2, 0.25) is 0 Å². The normalized spacial score (nSPS) is 17.6. The number of hydrogen-bond donors (Lipinski definition) is 1. The van der Waals surface area contributed by atoms with Gasteiger partial charge in [0.25, 0.3) is 0 Å². The maximum atomic E-state index is 4.61. The van der Waals surface area contributed by atoms with E-state index in [-0.39, 0.29) is 0 Å². The molecule has 2 aromatic rings. The fraction of sp³-hybridized carbons (Fsp3) is 0.357. The van der Waals surface area contributed by atoms with Gasteiger partial charge in [-0.05, 0) is 37.0 Å². The van der Waals surface area contributed by atoms with Crippen LogP contribution in [0.4, 0.5) is 5.95 Å². The van der Waals surface area contributed by atoms with Crippen LogP contribution in [0.1, 0.15) is 34.9 Å². The van der Waals surface area contributed by atoms with Crippen LogP contribution < -0.4 is 5.32 Å². The number of anilines is 1. The molecule has 1 aliphatic carbocycles. The van der Waals surface area contributed by atoms with Crippen LogP contribution in [0.25, 0.3) is 0 Å². The molecule has 1 aliphatic rings. The molecule has 0 aliphatic heterocycles. The zero-order valence-electron chi connectivity index (χ0n) is 10.6. The molecule has 0 saturated heterocycles. The molecule has 3 rings (SSSR count). The maximum absolute atomic E-state index is 4.61. The van der Waals surface area contributed by atoms with Gasteiger partial charge in [0.1, 0.15) is 0 Å². The Morgan fingerprint density at radius 3 is 3.00 bits per heavy atom. The number of pyridine rings is 1. The second-order valence-electron chi connectivity index (χ2n) is 4.65. The summed E-state index contributed by atoms with van der Waals surface area (Å²) >= 11 is 0. The lowest BCUT2D eigenvalue weighted by Crippen LogP contribution is -2.07. The quantitative estimate of drug-likeness (QED) is 0.875. The van der Waals surface area contributed by atoms with E-state index < -0.39 is 0 Å². The summed E-state index contributed by atoms with van der Waals surface area (Å²) in [6.45, 7) is 2.07. The SMILES string of the molecule is CNc1ncc(C)c(C2CCc3cccnc32)n1. The number of aryl methyl sites for hydroxylation is 2. The molecule has 1 atom stereocenters. The molecule has 1 N–H and O–H groups in total. The molecule has 0 amide bonds. The highest BCUT2D eigenvalue weighted by Crippen LogP contribution is 2.36. The van der Waals surface area contributed by atoms with Gasteiger partial charge >= 0.3 is 0 Å². The predicted octanol–water partition coefficient (Wildman–Crippen LogP) is 2.30. The van der Waals surface area contributed by atoms with Gasteiger partial charge in [-0.15, -0.1) is 0 Å². The Labute approximate surface area is 107 Å². The molecule has 2 heterocycles. The van der Waals surface area contributed by atoms with E-state index in [4.69, 9.17) is 0 Å². The summed E-state index contributed by atoms with van der Waals surface area (Å²) in [7, 11) is 1.84. The largest absolute Gasteiger partial charge is 0.357 e. The van der Waals surface area contributed by atoms with Gasteiger partial charge < -0.3 is 5.32 Å². The molecule has 0 aromatic carbocycles. The molecule has 0 bridgehead atoms. The highest BCUT2D eigenvalue weighted by molar-refractivity contribution is 5.39. The van der Waals surface area contributed by atoms with Crippen LogP contribution in [0.5, 0.6) is 0 Å². The van der Waals surface area contributed by atoms with Crippen molar-refractivity contribution in [2.24, 2.45) is 0 Å². The van der Waals surface area contributed by atoms with E-state index in [2.05, 4.69) is 33.3 Å². The van der Waals surface area contributed by atoms with Crippen LogP contribution in [-0.2, 0) is 6.42 Å². The van der Waals surface area contributed by atoms with Crippen molar-refractivity contribution in [2.45, 2.75) is 25.7 Å². The summed E-state index contributed by atoms with van der Waals surface area (Å²) in [5.41, 5.74) is 4.78. The molecule has 1 unspecified atom stereocenters. The van der Waals surface area contributed by atoms with Crippen molar-refractivity contribution in [1.29, 1.82) is 0 Å². The first-order valence-electron chi connectivity index (χ1n) is 6.24. The second-order valence-corrected chi connectivity index (χ2v) is 4.65. The molecular weight excluding hydrogens is 224 g/mol. The first kappa shape index (κ1) is 11.1. The molecule has 0 spiro atoms. The molecule has 2 aromatic heterocycles. The van der Waals surface area contributed by atoms with Gasteiger partial charge in [-0.25, -0.2) is 9.97 Å². The Morgan fingerprint density at radius 2 is 2.17 bits per heavy atom. The standard InChI is InChI=1S/C14H16N4/c1-9-8-17-14(15-2)18-12(9)11-6-5-10-4-3-7-16-13(10)11/h3-4,7-8,11H,5-6H2,1-2H3,(H,15,17,18). The average molecular weight is 240 g/mol. The van der Waals surface area contributed by atoms with Crippen LogP contribution in [0.15, 0.2) is 24.5 Å². The fourth-order valence-electron chi connectivity index (χ4n) is 2.61. The number of nitrogens with one attached hydrogen (secondary N) is 1. The van der Waals surface area contributed by atoms with E-state index in [0.717, 1.165) is 24.1 Å². The molecule has 18 heavy (non-hydrogen) atoms. The smallest absolute Gasteiger partial charge is 0.222 e. The summed E-state index contributed by atoms with van der Waals surface area (Å²) < 4.78 is 0. The summed E-state index contributed by atoms with van der Waals surface area (Å²) in [5, 5.41) is 3.00. The van der Waals surface area contributed by atoms with Gasteiger partial charge in [0.2, 0.25) is 5.95 Å². The van der Waals surface area contributed by atoms with Crippen molar-refractivity contribution < 1.29 is 0 Å². The van der Waals surface area contributed by atoms with Gasteiger partial charge in [0.15, 0.2) is 0 Å². The first-order valence-corrected chi connectivity index (χ1v) is 6.24. The highest BCUT2D eigenvalue weighted by Gasteiger charge is 2.27. The summed E-state index contributed by atoms with van der Waals surface area (Å²) in [4.78, 5) is 13.4. The Hall–Kier alpha value is -1.97. The molecule has 4 heteroatoms. The van der Waals surface area contributed by atoms with E-state index >= 15 is 0 Å². The van der Waals surface area contributed by atoms with Crippen molar-refractivity contribution >= 4 is 5.95 Å². The van der Waals surface area contributed by atoms with Crippen LogP contribution in [0.3, 0.4) is 0 Å². The third-order valence-corrected chi connectivity index (χ3v) is 3.52. The maximum Gasteiger partial charge on any atom is 0.222 e. The number of rotatable bonds is 2. The van der Waals surface area contributed by atoms with Crippen molar-refractivity contribution in [3.8, 4) is 0 Å². The molecule has 0 fully saturated rings. The van der Waals surface area contributed by atoms with Crippen molar-refractivity contribution in [2.75, 3.05) is 12.4 Å². The van der Waals surface area contributed by atoms with E-state index in [1.165, 1.54) is 11.3 Å². The van der Waals surface area contributed by atoms with Crippen molar-refractivity contribution in [1.82, 2.24) is 15.0 Å².